The fourth-order valence-corrected chi connectivity index (χ4v) is 6.67. The second-order valence-electron chi connectivity index (χ2n) is 14.7. The van der Waals surface area contributed by atoms with E-state index in [1.165, 1.54) is 141 Å². The lowest BCUT2D eigenvalue weighted by atomic mass is 10.0. The van der Waals surface area contributed by atoms with Gasteiger partial charge in [-0.1, -0.05) is 187 Å². The Morgan fingerprint density at radius 2 is 0.824 bits per heavy atom. The Morgan fingerprint density at radius 3 is 1.20 bits per heavy atom. The third-order valence-electron chi connectivity index (χ3n) is 9.53. The van der Waals surface area contributed by atoms with Crippen LogP contribution in [0.25, 0.3) is 0 Å². The van der Waals surface area contributed by atoms with Crippen molar-refractivity contribution in [3.05, 3.63) is 12.2 Å². The average molecular weight is 745 g/mol. The van der Waals surface area contributed by atoms with Crippen molar-refractivity contribution in [3.63, 3.8) is 0 Å². The van der Waals surface area contributed by atoms with Crippen LogP contribution in [0.15, 0.2) is 12.2 Å². The first-order chi connectivity index (χ1) is 24.8. The van der Waals surface area contributed by atoms with Gasteiger partial charge in [0.2, 0.25) is 0 Å². The molecule has 0 rings (SSSR count). The summed E-state index contributed by atoms with van der Waals surface area (Å²) in [5.74, 6) is -0.882. The zero-order valence-corrected chi connectivity index (χ0v) is 34.2. The Balaban J connectivity index is 3.85. The summed E-state index contributed by atoms with van der Waals surface area (Å²) >= 11 is 0. The van der Waals surface area contributed by atoms with E-state index in [1.807, 2.05) is 0 Å². The quantitative estimate of drug-likeness (QED) is 0.0275. The molecule has 0 saturated heterocycles. The van der Waals surface area contributed by atoms with E-state index >= 15 is 0 Å². The molecule has 51 heavy (non-hydrogen) atoms. The predicted octanol–water partition coefficient (Wildman–Crippen LogP) is 13.0. The number of carbonyl (C=O) groups excluding carboxylic acids is 2. The van der Waals surface area contributed by atoms with E-state index in [0.717, 1.165) is 51.4 Å². The molecule has 302 valence electrons. The third-order valence-corrected chi connectivity index (χ3v) is 10.0. The smallest absolute Gasteiger partial charge is 0.462 e. The van der Waals surface area contributed by atoms with E-state index in [0.29, 0.717) is 6.42 Å². The highest BCUT2D eigenvalue weighted by Gasteiger charge is 2.22. The first-order valence-corrected chi connectivity index (χ1v) is 23.0. The van der Waals surface area contributed by atoms with Crippen molar-refractivity contribution in [3.8, 4) is 0 Å². The Morgan fingerprint density at radius 1 is 0.490 bits per heavy atom. The largest absolute Gasteiger partial charge is 0.469 e. The number of hydrogen-bond donors (Lipinski definition) is 2. The van der Waals surface area contributed by atoms with Gasteiger partial charge in [-0.3, -0.25) is 14.1 Å². The second-order valence-corrected chi connectivity index (χ2v) is 15.9. The molecule has 9 heteroatoms. The lowest BCUT2D eigenvalue weighted by Crippen LogP contribution is -2.29. The van der Waals surface area contributed by atoms with Crippen molar-refractivity contribution in [1.29, 1.82) is 0 Å². The lowest BCUT2D eigenvalue weighted by molar-refractivity contribution is -0.161. The molecule has 0 bridgehead atoms. The maximum atomic E-state index is 12.4. The van der Waals surface area contributed by atoms with Gasteiger partial charge in [-0.2, -0.15) is 0 Å². The summed E-state index contributed by atoms with van der Waals surface area (Å²) in [6.07, 6.45) is 42.2. The van der Waals surface area contributed by atoms with Crippen molar-refractivity contribution < 1.29 is 37.9 Å². The maximum absolute atomic E-state index is 12.4. The molecule has 1 atom stereocenters. The van der Waals surface area contributed by atoms with Gasteiger partial charge in [0.15, 0.2) is 6.10 Å². The van der Waals surface area contributed by atoms with Crippen LogP contribution in [0.1, 0.15) is 226 Å². The van der Waals surface area contributed by atoms with Crippen LogP contribution in [-0.2, 0) is 28.2 Å². The summed E-state index contributed by atoms with van der Waals surface area (Å²) in [7, 11) is -4.75. The third kappa shape index (κ3) is 41.4. The zero-order chi connectivity index (χ0) is 37.5. The molecule has 0 radical (unpaired) electrons. The van der Waals surface area contributed by atoms with E-state index in [2.05, 4.69) is 30.5 Å². The monoisotopic (exact) mass is 745 g/mol. The van der Waals surface area contributed by atoms with E-state index in [1.54, 1.807) is 0 Å². The summed E-state index contributed by atoms with van der Waals surface area (Å²) in [6.45, 7) is 3.69. The van der Waals surface area contributed by atoms with Gasteiger partial charge in [-0.25, -0.2) is 4.57 Å². The lowest BCUT2D eigenvalue weighted by Gasteiger charge is -2.18. The van der Waals surface area contributed by atoms with Crippen LogP contribution in [0.5, 0.6) is 0 Å². The molecule has 0 aliphatic carbocycles. The minimum absolute atomic E-state index is 0.206. The molecule has 0 aromatic carbocycles. The first-order valence-electron chi connectivity index (χ1n) is 21.5. The number of hydrogen-bond acceptors (Lipinski definition) is 6. The first kappa shape index (κ1) is 49.8. The molecule has 1 unspecified atom stereocenters. The summed E-state index contributed by atoms with van der Waals surface area (Å²) in [5.41, 5.74) is 0. The minimum atomic E-state index is -4.75. The number of carbonyl (C=O) groups is 2. The van der Waals surface area contributed by atoms with Crippen molar-refractivity contribution in [2.45, 2.75) is 232 Å². The van der Waals surface area contributed by atoms with Crippen molar-refractivity contribution in [2.75, 3.05) is 13.2 Å². The van der Waals surface area contributed by atoms with Gasteiger partial charge in [-0.15, -0.1) is 0 Å². The van der Waals surface area contributed by atoms with Gasteiger partial charge < -0.3 is 19.3 Å². The molecule has 0 fully saturated rings. The van der Waals surface area contributed by atoms with Crippen LogP contribution in [0.2, 0.25) is 0 Å². The second kappa shape index (κ2) is 38.5. The van der Waals surface area contributed by atoms with Crippen LogP contribution in [-0.4, -0.2) is 41.0 Å². The standard InChI is InChI=1S/C42H81O8P/c1-3-5-7-9-11-13-15-17-19-20-21-22-23-25-26-28-30-32-34-36-41(43)48-38-40(39-49-51(45,46)47)50-42(44)37-35-33-31-29-27-24-18-16-14-12-10-8-6-4-2/h16,18,40H,3-15,17,19-39H2,1-2H3,(H2,45,46,47)/b18-16-. The van der Waals surface area contributed by atoms with Crippen molar-refractivity contribution in [2.24, 2.45) is 0 Å². The fraction of sp³-hybridized carbons (Fsp3) is 0.905. The molecule has 0 aliphatic rings. The van der Waals surface area contributed by atoms with E-state index in [-0.39, 0.29) is 19.4 Å². The van der Waals surface area contributed by atoms with Crippen molar-refractivity contribution in [1.82, 2.24) is 0 Å². The predicted molar refractivity (Wildman–Crippen MR) is 212 cm³/mol. The van der Waals surface area contributed by atoms with E-state index in [4.69, 9.17) is 19.3 Å². The molecule has 8 nitrogen and oxygen atoms in total. The van der Waals surface area contributed by atoms with Gasteiger partial charge in [0.1, 0.15) is 6.61 Å². The molecule has 0 saturated carbocycles. The Kier molecular flexibility index (Phi) is 37.6. The van der Waals surface area contributed by atoms with Gasteiger partial charge in [-0.05, 0) is 38.5 Å². The number of esters is 2. The van der Waals surface area contributed by atoms with Gasteiger partial charge >= 0.3 is 19.8 Å². The Labute approximate surface area is 314 Å². The molecule has 0 aliphatic heterocycles. The van der Waals surface area contributed by atoms with Crippen LogP contribution >= 0.6 is 7.82 Å². The zero-order valence-electron chi connectivity index (χ0n) is 33.3. The van der Waals surface area contributed by atoms with Crippen LogP contribution < -0.4 is 0 Å². The molecule has 0 amide bonds. The number of allylic oxidation sites excluding steroid dienone is 2. The molecule has 0 spiro atoms. The molecular formula is C42H81O8P. The van der Waals surface area contributed by atoms with Crippen molar-refractivity contribution >= 4 is 19.8 Å². The summed E-state index contributed by atoms with van der Waals surface area (Å²) in [5, 5.41) is 0. The van der Waals surface area contributed by atoms with Crippen LogP contribution in [0.4, 0.5) is 0 Å². The van der Waals surface area contributed by atoms with E-state index < -0.39 is 32.5 Å². The topological polar surface area (TPSA) is 119 Å². The molecule has 2 N–H and O–H groups in total. The number of ether oxygens (including phenoxy) is 2. The van der Waals surface area contributed by atoms with Gasteiger partial charge in [0, 0.05) is 12.8 Å². The number of phosphoric ester groups is 1. The number of unbranched alkanes of at least 4 members (excludes halogenated alkanes) is 28. The minimum Gasteiger partial charge on any atom is -0.462 e. The average Bonchev–Trinajstić information content (AvgIpc) is 3.10. The normalized spacial score (nSPS) is 12.5. The fourth-order valence-electron chi connectivity index (χ4n) is 6.31. The Bertz CT molecular complexity index is 843. The number of phosphoric acid groups is 1. The van der Waals surface area contributed by atoms with Crippen LogP contribution in [0, 0.1) is 0 Å². The summed E-state index contributed by atoms with van der Waals surface area (Å²) in [6, 6.07) is 0. The van der Waals surface area contributed by atoms with Gasteiger partial charge in [0.25, 0.3) is 0 Å². The highest BCUT2D eigenvalue weighted by atomic mass is 31.2. The number of rotatable bonds is 40. The highest BCUT2D eigenvalue weighted by molar-refractivity contribution is 7.46. The SMILES string of the molecule is CCCCCCC/C=C\CCCCCCCC(=O)OC(COC(=O)CCCCCCCCCCCCCCCCCCCCC)COP(=O)(O)O. The van der Waals surface area contributed by atoms with Gasteiger partial charge in [0.05, 0.1) is 6.61 Å². The molecule has 0 aromatic heterocycles. The molecular weight excluding hydrogens is 663 g/mol. The molecule has 0 heterocycles. The maximum Gasteiger partial charge on any atom is 0.469 e. The highest BCUT2D eigenvalue weighted by Crippen LogP contribution is 2.36. The van der Waals surface area contributed by atoms with Crippen LogP contribution in [0.3, 0.4) is 0 Å². The summed E-state index contributed by atoms with van der Waals surface area (Å²) < 4.78 is 26.4. The summed E-state index contributed by atoms with van der Waals surface area (Å²) in [4.78, 5) is 42.8. The molecule has 0 aromatic rings. The Hall–Kier alpha value is -1.21. The van der Waals surface area contributed by atoms with E-state index in [9.17, 15) is 14.2 Å².